The van der Waals surface area contributed by atoms with E-state index in [0.29, 0.717) is 12.7 Å². The molecule has 3 atom stereocenters. The van der Waals surface area contributed by atoms with E-state index in [0.717, 1.165) is 13.0 Å². The van der Waals surface area contributed by atoms with Crippen LogP contribution >= 0.6 is 0 Å². The van der Waals surface area contributed by atoms with Gasteiger partial charge in [0.1, 0.15) is 6.79 Å². The largest absolute Gasteiger partial charge is 0.356 e. The number of hydrogen-bond acceptors (Lipinski definition) is 3. The Morgan fingerprint density at radius 1 is 1.32 bits per heavy atom. The third kappa shape index (κ3) is 6.35. The quantitative estimate of drug-likeness (QED) is 0.282. The molecule has 1 fully saturated rings. The van der Waals surface area contributed by atoms with Gasteiger partial charge in [-0.2, -0.15) is 0 Å². The number of carbonyl (C=O) groups excluding carboxylic acids is 1. The Morgan fingerprint density at radius 2 is 2.00 bits per heavy atom. The van der Waals surface area contributed by atoms with E-state index >= 15 is 0 Å². The molecule has 3 nitrogen and oxygen atoms in total. The minimum atomic E-state index is -1.04. The van der Waals surface area contributed by atoms with Crippen molar-refractivity contribution in [3.63, 3.8) is 0 Å². The second-order valence-electron chi connectivity index (χ2n) is 8.13. The summed E-state index contributed by atoms with van der Waals surface area (Å²) in [6, 6.07) is 1.17. The molecule has 4 heteroatoms. The minimum Gasteiger partial charge on any atom is -0.356 e. The van der Waals surface area contributed by atoms with Gasteiger partial charge in [0.05, 0.1) is 6.10 Å². The number of hydrogen-bond donors (Lipinski definition) is 0. The van der Waals surface area contributed by atoms with E-state index < -0.39 is 8.07 Å². The van der Waals surface area contributed by atoms with Gasteiger partial charge < -0.3 is 9.47 Å². The smallest absolute Gasteiger partial charge is 0.152 e. The van der Waals surface area contributed by atoms with Crippen LogP contribution in [0.5, 0.6) is 0 Å². The average molecular weight is 327 g/mol. The van der Waals surface area contributed by atoms with Crippen LogP contribution in [-0.2, 0) is 14.3 Å². The standard InChI is InChI=1S/C18H34O3Si/c1-15-8-7-9-17(18(15,3)11-10-16(2)19)21-14-20-12-13-22(4,5)6/h10-11,15,17H,7-9,12-14H2,1-6H3. The Balaban J connectivity index is 2.53. The van der Waals surface area contributed by atoms with Crippen molar-refractivity contribution in [2.75, 3.05) is 13.4 Å². The molecule has 1 rings (SSSR count). The molecule has 1 aliphatic rings. The van der Waals surface area contributed by atoms with E-state index in [4.69, 9.17) is 9.47 Å². The lowest BCUT2D eigenvalue weighted by Crippen LogP contribution is -2.42. The number of allylic oxidation sites excluding steroid dienone is 1. The van der Waals surface area contributed by atoms with Crippen molar-refractivity contribution in [3.8, 4) is 0 Å². The number of carbonyl (C=O) groups is 1. The van der Waals surface area contributed by atoms with E-state index in [2.05, 4.69) is 39.6 Å². The molecule has 0 aromatic heterocycles. The summed E-state index contributed by atoms with van der Waals surface area (Å²) in [6.45, 7) is 14.3. The zero-order chi connectivity index (χ0) is 16.8. The molecule has 0 heterocycles. The number of ketones is 1. The second-order valence-corrected chi connectivity index (χ2v) is 13.8. The highest BCUT2D eigenvalue weighted by Crippen LogP contribution is 2.43. The van der Waals surface area contributed by atoms with E-state index in [1.807, 2.05) is 0 Å². The fraction of sp³-hybridized carbons (Fsp3) is 0.833. The summed E-state index contributed by atoms with van der Waals surface area (Å²) >= 11 is 0. The van der Waals surface area contributed by atoms with Crippen LogP contribution in [0.1, 0.15) is 40.0 Å². The van der Waals surface area contributed by atoms with E-state index in [1.54, 1.807) is 13.0 Å². The first-order valence-electron chi connectivity index (χ1n) is 8.54. The Labute approximate surface area is 137 Å². The lowest BCUT2D eigenvalue weighted by molar-refractivity contribution is -0.137. The summed E-state index contributed by atoms with van der Waals surface area (Å²) in [4.78, 5) is 11.3. The van der Waals surface area contributed by atoms with Gasteiger partial charge in [-0.05, 0) is 37.8 Å². The maximum Gasteiger partial charge on any atom is 0.152 e. The molecule has 0 saturated heterocycles. The van der Waals surface area contributed by atoms with Gasteiger partial charge in [0, 0.05) is 20.1 Å². The van der Waals surface area contributed by atoms with Gasteiger partial charge in [-0.15, -0.1) is 0 Å². The van der Waals surface area contributed by atoms with Crippen molar-refractivity contribution < 1.29 is 14.3 Å². The lowest BCUT2D eigenvalue weighted by atomic mass is 9.66. The zero-order valence-corrected chi connectivity index (χ0v) is 16.3. The summed E-state index contributed by atoms with van der Waals surface area (Å²) in [5.74, 6) is 0.618. The highest BCUT2D eigenvalue weighted by Gasteiger charge is 2.40. The summed E-state index contributed by atoms with van der Waals surface area (Å²) in [5.41, 5.74) is -0.0773. The number of ether oxygens (including phenoxy) is 2. The van der Waals surface area contributed by atoms with Crippen LogP contribution in [0.25, 0.3) is 0 Å². The van der Waals surface area contributed by atoms with Crippen LogP contribution < -0.4 is 0 Å². The van der Waals surface area contributed by atoms with Gasteiger partial charge in [-0.25, -0.2) is 0 Å². The van der Waals surface area contributed by atoms with Crippen molar-refractivity contribution in [1.29, 1.82) is 0 Å². The van der Waals surface area contributed by atoms with Gasteiger partial charge in [0.15, 0.2) is 5.78 Å². The Kier molecular flexibility index (Phi) is 7.49. The molecule has 0 N–H and O–H groups in total. The second kappa shape index (κ2) is 8.41. The molecule has 3 unspecified atom stereocenters. The maximum atomic E-state index is 11.3. The molecule has 0 aliphatic heterocycles. The van der Waals surface area contributed by atoms with Crippen molar-refractivity contribution in [1.82, 2.24) is 0 Å². The van der Waals surface area contributed by atoms with Crippen LogP contribution in [0.3, 0.4) is 0 Å². The van der Waals surface area contributed by atoms with Crippen molar-refractivity contribution in [2.24, 2.45) is 11.3 Å². The fourth-order valence-electron chi connectivity index (χ4n) is 2.95. The van der Waals surface area contributed by atoms with Gasteiger partial charge in [-0.3, -0.25) is 4.79 Å². The molecule has 0 spiro atoms. The molecule has 0 bridgehead atoms. The first-order valence-corrected chi connectivity index (χ1v) is 12.2. The van der Waals surface area contributed by atoms with Gasteiger partial charge >= 0.3 is 0 Å². The number of rotatable bonds is 8. The van der Waals surface area contributed by atoms with Gasteiger partial charge in [0.2, 0.25) is 0 Å². The summed E-state index contributed by atoms with van der Waals surface area (Å²) in [6.07, 6.45) is 7.31. The molecular weight excluding hydrogens is 292 g/mol. The summed E-state index contributed by atoms with van der Waals surface area (Å²) in [5, 5.41) is 0. The molecule has 0 radical (unpaired) electrons. The van der Waals surface area contributed by atoms with Crippen molar-refractivity contribution in [3.05, 3.63) is 12.2 Å². The molecule has 1 aliphatic carbocycles. The third-order valence-electron chi connectivity index (χ3n) is 4.89. The molecule has 0 aromatic carbocycles. The topological polar surface area (TPSA) is 35.5 Å². The average Bonchev–Trinajstić information content (AvgIpc) is 2.40. The van der Waals surface area contributed by atoms with Crippen molar-refractivity contribution in [2.45, 2.75) is 71.8 Å². The minimum absolute atomic E-state index is 0.0773. The molecule has 22 heavy (non-hydrogen) atoms. The highest BCUT2D eigenvalue weighted by molar-refractivity contribution is 6.76. The van der Waals surface area contributed by atoms with E-state index in [-0.39, 0.29) is 17.3 Å². The SMILES string of the molecule is CC(=O)C=CC1(C)C(C)CCCC1OCOCC[Si](C)(C)C. The van der Waals surface area contributed by atoms with Crippen LogP contribution in [-0.4, -0.2) is 33.4 Å². The predicted octanol–water partition coefficient (Wildman–Crippen LogP) is 4.66. The molecule has 0 aromatic rings. The van der Waals surface area contributed by atoms with Crippen LogP contribution in [0.4, 0.5) is 0 Å². The first-order chi connectivity index (χ1) is 10.1. The summed E-state index contributed by atoms with van der Waals surface area (Å²) in [7, 11) is -1.04. The fourth-order valence-corrected chi connectivity index (χ4v) is 3.70. The molecule has 0 amide bonds. The molecule has 128 valence electrons. The maximum absolute atomic E-state index is 11.3. The Morgan fingerprint density at radius 3 is 2.59 bits per heavy atom. The lowest BCUT2D eigenvalue weighted by Gasteiger charge is -2.44. The van der Waals surface area contributed by atoms with E-state index in [9.17, 15) is 4.79 Å². The van der Waals surface area contributed by atoms with Crippen LogP contribution in [0.2, 0.25) is 25.7 Å². The van der Waals surface area contributed by atoms with Gasteiger partial charge in [-0.1, -0.05) is 46.0 Å². The zero-order valence-electron chi connectivity index (χ0n) is 15.3. The van der Waals surface area contributed by atoms with Crippen LogP contribution in [0.15, 0.2) is 12.2 Å². The van der Waals surface area contributed by atoms with Gasteiger partial charge in [0.25, 0.3) is 0 Å². The molecular formula is C18H34O3Si. The Bertz CT molecular complexity index is 386. The monoisotopic (exact) mass is 326 g/mol. The van der Waals surface area contributed by atoms with Crippen LogP contribution in [0, 0.1) is 11.3 Å². The summed E-state index contributed by atoms with van der Waals surface area (Å²) < 4.78 is 11.7. The molecule has 1 saturated carbocycles. The third-order valence-corrected chi connectivity index (χ3v) is 6.59. The highest BCUT2D eigenvalue weighted by atomic mass is 28.3. The van der Waals surface area contributed by atoms with Crippen molar-refractivity contribution >= 4 is 13.9 Å². The predicted molar refractivity (Wildman–Crippen MR) is 94.8 cm³/mol. The first kappa shape index (κ1) is 19.6. The Hall–Kier alpha value is -0.453. The van der Waals surface area contributed by atoms with E-state index in [1.165, 1.54) is 18.9 Å². The normalized spacial score (nSPS) is 29.9.